The van der Waals surface area contributed by atoms with E-state index in [1.807, 2.05) is 6.92 Å². The number of hydrogen-bond donors (Lipinski definition) is 1. The molecule has 0 aliphatic heterocycles. The number of rotatable bonds is 0. The van der Waals surface area contributed by atoms with E-state index in [1.54, 1.807) is 0 Å². The van der Waals surface area contributed by atoms with Gasteiger partial charge in [0.2, 0.25) is 0 Å². The van der Waals surface area contributed by atoms with Crippen molar-refractivity contribution in [3.05, 3.63) is 0 Å². The van der Waals surface area contributed by atoms with Gasteiger partial charge in [-0.15, -0.1) is 0 Å². The number of fused-ring (bicyclic) bond motifs is 5. The average Bonchev–Trinajstić information content (AvgIpc) is 2.72. The third kappa shape index (κ3) is 1.61. The molecule has 22 heavy (non-hydrogen) atoms. The average molecular weight is 304 g/mol. The van der Waals surface area contributed by atoms with Gasteiger partial charge in [0.25, 0.3) is 0 Å². The highest BCUT2D eigenvalue weighted by Crippen LogP contribution is 2.66. The Hall–Kier alpha value is -0.700. The van der Waals surface area contributed by atoms with E-state index in [-0.39, 0.29) is 17.1 Å². The molecule has 4 fully saturated rings. The van der Waals surface area contributed by atoms with Crippen LogP contribution >= 0.6 is 0 Å². The lowest BCUT2D eigenvalue weighted by atomic mass is 9.44. The minimum atomic E-state index is -0.789. The van der Waals surface area contributed by atoms with Crippen molar-refractivity contribution in [2.24, 2.45) is 28.6 Å². The lowest BCUT2D eigenvalue weighted by molar-refractivity contribution is -0.197. The highest BCUT2D eigenvalue weighted by atomic mass is 16.3. The van der Waals surface area contributed by atoms with Crippen molar-refractivity contribution < 1.29 is 14.7 Å². The van der Waals surface area contributed by atoms with Crippen LogP contribution in [-0.4, -0.2) is 22.3 Å². The van der Waals surface area contributed by atoms with Crippen LogP contribution in [0.15, 0.2) is 0 Å². The molecule has 3 nitrogen and oxygen atoms in total. The Morgan fingerprint density at radius 1 is 0.955 bits per heavy atom. The topological polar surface area (TPSA) is 54.4 Å². The van der Waals surface area contributed by atoms with Crippen LogP contribution in [0.5, 0.6) is 0 Å². The van der Waals surface area contributed by atoms with Gasteiger partial charge < -0.3 is 5.11 Å². The molecule has 4 rings (SSSR count). The summed E-state index contributed by atoms with van der Waals surface area (Å²) in [5.41, 5.74) is -1.11. The van der Waals surface area contributed by atoms with E-state index in [0.717, 1.165) is 38.5 Å². The van der Waals surface area contributed by atoms with Gasteiger partial charge in [0.05, 0.1) is 11.0 Å². The minimum absolute atomic E-state index is 0.194. The lowest BCUT2D eigenvalue weighted by Crippen LogP contribution is -2.62. The first-order valence-corrected chi connectivity index (χ1v) is 9.09. The van der Waals surface area contributed by atoms with Crippen LogP contribution in [-0.2, 0) is 9.59 Å². The second-order valence-electron chi connectivity index (χ2n) is 8.95. The largest absolute Gasteiger partial charge is 0.389 e. The van der Waals surface area contributed by atoms with Gasteiger partial charge in [0.15, 0.2) is 0 Å². The molecule has 0 aromatic rings. The predicted molar refractivity (Wildman–Crippen MR) is 83.2 cm³/mol. The zero-order valence-electron chi connectivity index (χ0n) is 13.9. The normalized spacial score (nSPS) is 54.6. The number of carbonyl (C=O) groups excluding carboxylic acids is 2. The molecule has 0 aromatic heterocycles. The second kappa shape index (κ2) is 4.43. The van der Waals surface area contributed by atoms with Crippen LogP contribution in [0.3, 0.4) is 0 Å². The van der Waals surface area contributed by atoms with Gasteiger partial charge in [-0.2, -0.15) is 0 Å². The van der Waals surface area contributed by atoms with Crippen molar-refractivity contribution in [1.82, 2.24) is 0 Å². The summed E-state index contributed by atoms with van der Waals surface area (Å²) in [7, 11) is 0. The third-order valence-corrected chi connectivity index (χ3v) is 8.38. The van der Waals surface area contributed by atoms with E-state index in [1.165, 1.54) is 0 Å². The van der Waals surface area contributed by atoms with Crippen molar-refractivity contribution in [1.29, 1.82) is 0 Å². The fourth-order valence-corrected chi connectivity index (χ4v) is 6.78. The zero-order valence-corrected chi connectivity index (χ0v) is 13.9. The van der Waals surface area contributed by atoms with E-state index in [9.17, 15) is 14.7 Å². The van der Waals surface area contributed by atoms with Gasteiger partial charge in [0, 0.05) is 19.3 Å². The molecule has 4 saturated carbocycles. The van der Waals surface area contributed by atoms with Crippen LogP contribution in [0, 0.1) is 28.6 Å². The standard InChI is InChI=1S/C19H28O3/c1-17-8-5-13(20)11-12(17)3-4-15-14(17)6-9-18(2)16(21)7-10-19(15,18)22/h12,14-15,22H,3-11H2,1-2H3/t12-,14-,15+,17-,18-,19+/m0/s1. The smallest absolute Gasteiger partial charge is 0.141 e. The summed E-state index contributed by atoms with van der Waals surface area (Å²) >= 11 is 0. The van der Waals surface area contributed by atoms with Gasteiger partial charge in [-0.3, -0.25) is 9.59 Å². The number of Topliss-reactive ketones (excluding diaryl/α,β-unsaturated/α-hetero) is 2. The van der Waals surface area contributed by atoms with Crippen LogP contribution in [0.4, 0.5) is 0 Å². The fraction of sp³-hybridized carbons (Fsp3) is 0.895. The van der Waals surface area contributed by atoms with Gasteiger partial charge in [-0.05, 0) is 68.6 Å². The first-order chi connectivity index (χ1) is 10.3. The van der Waals surface area contributed by atoms with E-state index < -0.39 is 11.0 Å². The molecule has 3 heteroatoms. The Labute approximate surface area is 132 Å². The quantitative estimate of drug-likeness (QED) is 0.747. The van der Waals surface area contributed by atoms with Crippen molar-refractivity contribution in [3.8, 4) is 0 Å². The second-order valence-corrected chi connectivity index (χ2v) is 8.95. The van der Waals surface area contributed by atoms with Crippen LogP contribution < -0.4 is 0 Å². The summed E-state index contributed by atoms with van der Waals surface area (Å²) < 4.78 is 0. The Morgan fingerprint density at radius 3 is 2.50 bits per heavy atom. The van der Waals surface area contributed by atoms with E-state index in [2.05, 4.69) is 6.92 Å². The molecule has 0 heterocycles. The highest BCUT2D eigenvalue weighted by Gasteiger charge is 2.67. The molecule has 0 spiro atoms. The molecule has 0 bridgehead atoms. The molecule has 0 aromatic carbocycles. The fourth-order valence-electron chi connectivity index (χ4n) is 6.78. The molecule has 0 unspecified atom stereocenters. The molecule has 0 amide bonds. The molecule has 122 valence electrons. The summed E-state index contributed by atoms with van der Waals surface area (Å²) in [4.78, 5) is 24.3. The van der Waals surface area contributed by atoms with Crippen LogP contribution in [0.25, 0.3) is 0 Å². The Balaban J connectivity index is 1.71. The molecule has 1 N–H and O–H groups in total. The van der Waals surface area contributed by atoms with Crippen molar-refractivity contribution >= 4 is 11.6 Å². The molecule has 6 atom stereocenters. The predicted octanol–water partition coefficient (Wildman–Crippen LogP) is 3.28. The summed E-state index contributed by atoms with van der Waals surface area (Å²) in [5.74, 6) is 1.95. The Kier molecular flexibility index (Phi) is 3.00. The van der Waals surface area contributed by atoms with E-state index in [4.69, 9.17) is 0 Å². The Morgan fingerprint density at radius 2 is 1.73 bits per heavy atom. The number of hydrogen-bond acceptors (Lipinski definition) is 3. The first-order valence-electron chi connectivity index (χ1n) is 9.09. The molecular formula is C19H28O3. The maximum atomic E-state index is 12.4. The van der Waals surface area contributed by atoms with Gasteiger partial charge in [0.1, 0.15) is 11.6 Å². The zero-order chi connectivity index (χ0) is 15.8. The SMILES string of the molecule is C[C@]12CCC(=O)C[C@@H]1CC[C@@H]1[C@@H]2CC[C@@]2(C)C(=O)CC[C@@]12O. The molecule has 4 aliphatic rings. The van der Waals surface area contributed by atoms with Gasteiger partial charge >= 0.3 is 0 Å². The van der Waals surface area contributed by atoms with E-state index >= 15 is 0 Å². The Bertz CT molecular complexity index is 541. The molecule has 4 aliphatic carbocycles. The van der Waals surface area contributed by atoms with Gasteiger partial charge in [-0.1, -0.05) is 6.92 Å². The summed E-state index contributed by atoms with van der Waals surface area (Å²) in [6.07, 6.45) is 7.58. The summed E-state index contributed by atoms with van der Waals surface area (Å²) in [6.45, 7) is 4.38. The maximum Gasteiger partial charge on any atom is 0.141 e. The van der Waals surface area contributed by atoms with Gasteiger partial charge in [-0.25, -0.2) is 0 Å². The van der Waals surface area contributed by atoms with Crippen LogP contribution in [0.1, 0.15) is 71.6 Å². The molecule has 0 radical (unpaired) electrons. The molecule has 0 saturated heterocycles. The van der Waals surface area contributed by atoms with Crippen molar-refractivity contribution in [2.75, 3.05) is 0 Å². The number of ketones is 2. The number of aliphatic hydroxyl groups is 1. The van der Waals surface area contributed by atoms with Crippen molar-refractivity contribution in [2.45, 2.75) is 77.2 Å². The van der Waals surface area contributed by atoms with E-state index in [0.29, 0.717) is 36.9 Å². The van der Waals surface area contributed by atoms with Crippen LogP contribution in [0.2, 0.25) is 0 Å². The monoisotopic (exact) mass is 304 g/mol. The first kappa shape index (κ1) is 14.9. The summed E-state index contributed by atoms with van der Waals surface area (Å²) in [6, 6.07) is 0. The minimum Gasteiger partial charge on any atom is -0.389 e. The maximum absolute atomic E-state index is 12.4. The molecular weight excluding hydrogens is 276 g/mol. The highest BCUT2D eigenvalue weighted by molar-refractivity contribution is 5.88. The van der Waals surface area contributed by atoms with Crippen molar-refractivity contribution in [3.63, 3.8) is 0 Å². The lowest BCUT2D eigenvalue weighted by Gasteiger charge is -2.61. The summed E-state index contributed by atoms with van der Waals surface area (Å²) in [5, 5.41) is 11.5. The third-order valence-electron chi connectivity index (χ3n) is 8.38. The number of carbonyl (C=O) groups is 2.